The van der Waals surface area contributed by atoms with E-state index in [0.29, 0.717) is 16.5 Å². The molecule has 2 atom stereocenters. The Morgan fingerprint density at radius 3 is 2.70 bits per heavy atom. The lowest BCUT2D eigenvalue weighted by atomic mass is 9.91. The number of fused-ring (bicyclic) bond motifs is 2. The Bertz CT molecular complexity index is 523. The minimum Gasteiger partial charge on any atom is -0.384 e. The lowest BCUT2D eigenvalue weighted by Gasteiger charge is -2.36. The number of rotatable bonds is 3. The Hall–Kier alpha value is -1.24. The molecule has 1 aromatic carbocycles. The zero-order valence-electron chi connectivity index (χ0n) is 11.8. The van der Waals surface area contributed by atoms with Crippen molar-refractivity contribution in [1.29, 1.82) is 5.26 Å². The van der Waals surface area contributed by atoms with Crippen LogP contribution >= 0.6 is 11.6 Å². The van der Waals surface area contributed by atoms with Gasteiger partial charge in [-0.2, -0.15) is 5.26 Å². The number of piperidine rings is 1. The summed E-state index contributed by atoms with van der Waals surface area (Å²) in [5, 5.41) is 13.1. The van der Waals surface area contributed by atoms with Gasteiger partial charge in [-0.05, 0) is 50.8 Å². The molecule has 0 saturated carbocycles. The standard InChI is InChI=1S/C16H20ClN3/c1-20-12-5-6-13(20)8-11(7-12)10-19-16-4-2-3-15(17)14(16)9-18/h2-4,11-13,19H,5-8,10H2,1H3. The molecule has 2 heterocycles. The first-order chi connectivity index (χ1) is 9.69. The van der Waals surface area contributed by atoms with Crippen molar-refractivity contribution in [3.05, 3.63) is 28.8 Å². The Morgan fingerprint density at radius 1 is 1.35 bits per heavy atom. The maximum absolute atomic E-state index is 9.18. The average Bonchev–Trinajstić information content (AvgIpc) is 2.66. The number of nitrogens with one attached hydrogen (secondary N) is 1. The van der Waals surface area contributed by atoms with Crippen molar-refractivity contribution in [2.45, 2.75) is 37.8 Å². The van der Waals surface area contributed by atoms with Crippen molar-refractivity contribution in [2.75, 3.05) is 18.9 Å². The van der Waals surface area contributed by atoms with Gasteiger partial charge in [0.25, 0.3) is 0 Å². The zero-order valence-corrected chi connectivity index (χ0v) is 12.5. The minimum atomic E-state index is 0.529. The fourth-order valence-electron chi connectivity index (χ4n) is 3.73. The van der Waals surface area contributed by atoms with Crippen molar-refractivity contribution in [3.8, 4) is 6.07 Å². The molecule has 106 valence electrons. The van der Waals surface area contributed by atoms with Crippen LogP contribution in [0, 0.1) is 17.2 Å². The fourth-order valence-corrected chi connectivity index (χ4v) is 3.95. The van der Waals surface area contributed by atoms with E-state index in [1.807, 2.05) is 12.1 Å². The minimum absolute atomic E-state index is 0.529. The van der Waals surface area contributed by atoms with E-state index in [0.717, 1.165) is 24.3 Å². The highest BCUT2D eigenvalue weighted by Gasteiger charge is 2.38. The molecule has 2 aliphatic heterocycles. The fraction of sp³-hybridized carbons (Fsp3) is 0.562. The molecular weight excluding hydrogens is 270 g/mol. The predicted octanol–water partition coefficient (Wildman–Crippen LogP) is 3.50. The lowest BCUT2D eigenvalue weighted by molar-refractivity contribution is 0.139. The van der Waals surface area contributed by atoms with Gasteiger partial charge in [-0.3, -0.25) is 0 Å². The van der Waals surface area contributed by atoms with Crippen LogP contribution in [-0.4, -0.2) is 30.6 Å². The van der Waals surface area contributed by atoms with Gasteiger partial charge in [-0.25, -0.2) is 0 Å². The monoisotopic (exact) mass is 289 g/mol. The second-order valence-electron chi connectivity index (χ2n) is 6.04. The van der Waals surface area contributed by atoms with Crippen LogP contribution in [-0.2, 0) is 0 Å². The Morgan fingerprint density at radius 2 is 2.05 bits per heavy atom. The van der Waals surface area contributed by atoms with E-state index >= 15 is 0 Å². The van der Waals surface area contributed by atoms with Crippen molar-refractivity contribution in [1.82, 2.24) is 4.90 Å². The normalized spacial score (nSPS) is 29.1. The SMILES string of the molecule is CN1C2CCC1CC(CNc1cccc(Cl)c1C#N)C2. The third-order valence-electron chi connectivity index (χ3n) is 4.90. The van der Waals surface area contributed by atoms with E-state index in [9.17, 15) is 5.26 Å². The van der Waals surface area contributed by atoms with Crippen LogP contribution in [0.15, 0.2) is 18.2 Å². The number of nitriles is 1. The maximum Gasteiger partial charge on any atom is 0.103 e. The third-order valence-corrected chi connectivity index (χ3v) is 5.22. The second kappa shape index (κ2) is 5.63. The van der Waals surface area contributed by atoms with E-state index in [-0.39, 0.29) is 0 Å². The first-order valence-electron chi connectivity index (χ1n) is 7.33. The molecule has 3 nitrogen and oxygen atoms in total. The quantitative estimate of drug-likeness (QED) is 0.926. The first kappa shape index (κ1) is 13.7. The van der Waals surface area contributed by atoms with Gasteiger partial charge in [0.1, 0.15) is 6.07 Å². The van der Waals surface area contributed by atoms with Crippen LogP contribution in [0.4, 0.5) is 5.69 Å². The molecule has 20 heavy (non-hydrogen) atoms. The summed E-state index contributed by atoms with van der Waals surface area (Å²) in [6.45, 7) is 0.940. The van der Waals surface area contributed by atoms with Gasteiger partial charge in [0.15, 0.2) is 0 Å². The van der Waals surface area contributed by atoms with Gasteiger partial charge in [-0.15, -0.1) is 0 Å². The molecule has 1 aromatic rings. The average molecular weight is 290 g/mol. The largest absolute Gasteiger partial charge is 0.384 e. The van der Waals surface area contributed by atoms with E-state index in [1.165, 1.54) is 25.7 Å². The molecule has 2 fully saturated rings. The molecule has 0 radical (unpaired) electrons. The van der Waals surface area contributed by atoms with Crippen molar-refractivity contribution < 1.29 is 0 Å². The van der Waals surface area contributed by atoms with Crippen molar-refractivity contribution in [3.63, 3.8) is 0 Å². The predicted molar refractivity (Wildman–Crippen MR) is 82.0 cm³/mol. The molecule has 0 amide bonds. The number of halogens is 1. The molecule has 0 spiro atoms. The molecule has 3 rings (SSSR count). The van der Waals surface area contributed by atoms with Crippen molar-refractivity contribution in [2.24, 2.45) is 5.92 Å². The first-order valence-corrected chi connectivity index (χ1v) is 7.71. The van der Waals surface area contributed by atoms with Crippen LogP contribution in [0.2, 0.25) is 5.02 Å². The Balaban J connectivity index is 1.64. The molecule has 2 unspecified atom stereocenters. The summed E-state index contributed by atoms with van der Waals surface area (Å²) in [4.78, 5) is 2.55. The summed E-state index contributed by atoms with van der Waals surface area (Å²) in [6.07, 6.45) is 5.22. The summed E-state index contributed by atoms with van der Waals surface area (Å²) in [5.41, 5.74) is 1.43. The number of anilines is 1. The second-order valence-corrected chi connectivity index (χ2v) is 6.45. The molecule has 2 bridgehead atoms. The molecule has 0 aromatic heterocycles. The summed E-state index contributed by atoms with van der Waals surface area (Å²) >= 11 is 6.06. The highest BCUT2D eigenvalue weighted by molar-refractivity contribution is 6.32. The molecular formula is C16H20ClN3. The van der Waals surface area contributed by atoms with Gasteiger partial charge in [0.05, 0.1) is 16.3 Å². The highest BCUT2D eigenvalue weighted by Crippen LogP contribution is 2.37. The maximum atomic E-state index is 9.18. The zero-order chi connectivity index (χ0) is 14.1. The number of hydrogen-bond donors (Lipinski definition) is 1. The third kappa shape index (κ3) is 2.51. The molecule has 1 N–H and O–H groups in total. The van der Waals surface area contributed by atoms with Gasteiger partial charge >= 0.3 is 0 Å². The molecule has 0 aliphatic carbocycles. The van der Waals surface area contributed by atoms with Gasteiger partial charge in [0.2, 0.25) is 0 Å². The lowest BCUT2D eigenvalue weighted by Crippen LogP contribution is -2.41. The van der Waals surface area contributed by atoms with Crippen molar-refractivity contribution >= 4 is 17.3 Å². The van der Waals surface area contributed by atoms with Crippen LogP contribution in [0.3, 0.4) is 0 Å². The van der Waals surface area contributed by atoms with Gasteiger partial charge in [0, 0.05) is 18.6 Å². The van der Waals surface area contributed by atoms with Crippen LogP contribution in [0.1, 0.15) is 31.2 Å². The summed E-state index contributed by atoms with van der Waals surface area (Å²) in [7, 11) is 2.26. The smallest absolute Gasteiger partial charge is 0.103 e. The van der Waals surface area contributed by atoms with Crippen LogP contribution < -0.4 is 5.32 Å². The van der Waals surface area contributed by atoms with E-state index < -0.39 is 0 Å². The number of hydrogen-bond acceptors (Lipinski definition) is 3. The van der Waals surface area contributed by atoms with E-state index in [1.54, 1.807) is 6.07 Å². The highest BCUT2D eigenvalue weighted by atomic mass is 35.5. The van der Waals surface area contributed by atoms with Gasteiger partial charge < -0.3 is 10.2 Å². The van der Waals surface area contributed by atoms with Crippen LogP contribution in [0.25, 0.3) is 0 Å². The van der Waals surface area contributed by atoms with E-state index in [2.05, 4.69) is 23.3 Å². The summed E-state index contributed by atoms with van der Waals surface area (Å²) in [6, 6.07) is 9.30. The Labute approximate surface area is 125 Å². The Kier molecular flexibility index (Phi) is 3.87. The topological polar surface area (TPSA) is 39.1 Å². The van der Waals surface area contributed by atoms with E-state index in [4.69, 9.17) is 11.6 Å². The molecule has 2 saturated heterocycles. The molecule has 4 heteroatoms. The molecule has 2 aliphatic rings. The van der Waals surface area contributed by atoms with Crippen LogP contribution in [0.5, 0.6) is 0 Å². The number of benzene rings is 1. The summed E-state index contributed by atoms with van der Waals surface area (Å²) in [5.74, 6) is 0.703. The van der Waals surface area contributed by atoms with Gasteiger partial charge in [-0.1, -0.05) is 17.7 Å². The summed E-state index contributed by atoms with van der Waals surface area (Å²) < 4.78 is 0. The number of nitrogens with zero attached hydrogens (tertiary/aromatic N) is 2.